The number of hydrogen-bond acceptors (Lipinski definition) is 3. The maximum Gasteiger partial charge on any atom is 0.324 e. The molecule has 0 aliphatic heterocycles. The number of aromatic nitrogens is 1. The fraction of sp³-hybridized carbons (Fsp3) is 0.0769. The molecule has 0 spiro atoms. The summed E-state index contributed by atoms with van der Waals surface area (Å²) in [5.41, 5.74) is 1.40. The highest BCUT2D eigenvalue weighted by Gasteiger charge is 2.03. The van der Waals surface area contributed by atoms with E-state index in [9.17, 15) is 4.79 Å². The number of nitrogens with one attached hydrogen (secondary N) is 2. The normalized spacial score (nSPS) is 9.83. The predicted molar refractivity (Wildman–Crippen MR) is 69.2 cm³/mol. The van der Waals surface area contributed by atoms with Crippen LogP contribution in [0.4, 0.5) is 16.3 Å². The average Bonchev–Trinajstić information content (AvgIpc) is 2.40. The number of aliphatic hydroxyl groups is 1. The van der Waals surface area contributed by atoms with E-state index >= 15 is 0 Å². The summed E-state index contributed by atoms with van der Waals surface area (Å²) < 4.78 is 0. The van der Waals surface area contributed by atoms with E-state index < -0.39 is 0 Å². The molecule has 0 aliphatic carbocycles. The van der Waals surface area contributed by atoms with Gasteiger partial charge in [-0.15, -0.1) is 0 Å². The summed E-state index contributed by atoms with van der Waals surface area (Å²) in [4.78, 5) is 15.6. The largest absolute Gasteiger partial charge is 0.392 e. The highest BCUT2D eigenvalue weighted by atomic mass is 16.3. The summed E-state index contributed by atoms with van der Waals surface area (Å²) in [7, 11) is 0. The van der Waals surface area contributed by atoms with Crippen molar-refractivity contribution in [2.75, 3.05) is 10.6 Å². The lowest BCUT2D eigenvalue weighted by atomic mass is 10.3. The maximum absolute atomic E-state index is 11.7. The second-order valence-corrected chi connectivity index (χ2v) is 3.65. The molecule has 2 amide bonds. The third kappa shape index (κ3) is 3.29. The SMILES string of the molecule is O=C(Nc1ccccc1)Nc1cc(CO)ccn1. The summed E-state index contributed by atoms with van der Waals surface area (Å²) >= 11 is 0. The van der Waals surface area contributed by atoms with Gasteiger partial charge >= 0.3 is 6.03 Å². The molecule has 0 unspecified atom stereocenters. The van der Waals surface area contributed by atoms with Crippen molar-refractivity contribution in [3.63, 3.8) is 0 Å². The van der Waals surface area contributed by atoms with Crippen molar-refractivity contribution >= 4 is 17.5 Å². The van der Waals surface area contributed by atoms with Gasteiger partial charge in [-0.1, -0.05) is 18.2 Å². The van der Waals surface area contributed by atoms with Gasteiger partial charge in [0.1, 0.15) is 5.82 Å². The van der Waals surface area contributed by atoms with Gasteiger partial charge in [-0.25, -0.2) is 9.78 Å². The Hall–Kier alpha value is -2.40. The fourth-order valence-corrected chi connectivity index (χ4v) is 1.44. The van der Waals surface area contributed by atoms with Crippen LogP contribution in [0, 0.1) is 0 Å². The zero-order chi connectivity index (χ0) is 12.8. The molecule has 0 aliphatic rings. The van der Waals surface area contributed by atoms with Crippen molar-refractivity contribution in [2.24, 2.45) is 0 Å². The number of aliphatic hydroxyl groups excluding tert-OH is 1. The first-order valence-corrected chi connectivity index (χ1v) is 5.47. The highest BCUT2D eigenvalue weighted by Crippen LogP contribution is 2.09. The molecule has 5 heteroatoms. The van der Waals surface area contributed by atoms with E-state index in [1.165, 1.54) is 6.20 Å². The molecule has 0 saturated heterocycles. The van der Waals surface area contributed by atoms with Gasteiger partial charge in [0, 0.05) is 11.9 Å². The number of nitrogens with zero attached hydrogens (tertiary/aromatic N) is 1. The minimum Gasteiger partial charge on any atom is -0.392 e. The lowest BCUT2D eigenvalue weighted by molar-refractivity contribution is 0.262. The van der Waals surface area contributed by atoms with Gasteiger partial charge in [0.2, 0.25) is 0 Å². The molecule has 0 fully saturated rings. The Bertz CT molecular complexity index is 529. The van der Waals surface area contributed by atoms with E-state index in [-0.39, 0.29) is 12.6 Å². The number of hydrogen-bond donors (Lipinski definition) is 3. The van der Waals surface area contributed by atoms with E-state index in [1.807, 2.05) is 18.2 Å². The second-order valence-electron chi connectivity index (χ2n) is 3.65. The molecule has 0 radical (unpaired) electrons. The lowest BCUT2D eigenvalue weighted by Crippen LogP contribution is -2.20. The summed E-state index contributed by atoms with van der Waals surface area (Å²) in [5, 5.41) is 14.2. The zero-order valence-electron chi connectivity index (χ0n) is 9.63. The fourth-order valence-electron chi connectivity index (χ4n) is 1.44. The molecule has 18 heavy (non-hydrogen) atoms. The molecule has 1 aromatic heterocycles. The average molecular weight is 243 g/mol. The first-order valence-electron chi connectivity index (χ1n) is 5.47. The van der Waals surface area contributed by atoms with Crippen LogP contribution in [0.1, 0.15) is 5.56 Å². The molecule has 3 N–H and O–H groups in total. The molecule has 92 valence electrons. The number of urea groups is 1. The number of para-hydroxylation sites is 1. The Morgan fingerprint density at radius 3 is 2.67 bits per heavy atom. The van der Waals surface area contributed by atoms with E-state index in [0.29, 0.717) is 17.1 Å². The third-order valence-corrected chi connectivity index (χ3v) is 2.28. The molecule has 2 aromatic rings. The number of carbonyl (C=O) groups excluding carboxylic acids is 1. The first-order chi connectivity index (χ1) is 8.78. The third-order valence-electron chi connectivity index (χ3n) is 2.28. The second kappa shape index (κ2) is 5.79. The van der Waals surface area contributed by atoms with Crippen molar-refractivity contribution in [3.8, 4) is 0 Å². The highest BCUT2D eigenvalue weighted by molar-refractivity contribution is 5.99. The van der Waals surface area contributed by atoms with Gasteiger partial charge in [-0.3, -0.25) is 5.32 Å². The van der Waals surface area contributed by atoms with Crippen molar-refractivity contribution in [2.45, 2.75) is 6.61 Å². The number of pyridine rings is 1. The summed E-state index contributed by atoms with van der Waals surface area (Å²) in [5.74, 6) is 0.398. The van der Waals surface area contributed by atoms with Crippen molar-refractivity contribution in [1.29, 1.82) is 0 Å². The minimum absolute atomic E-state index is 0.0858. The Morgan fingerprint density at radius 1 is 1.17 bits per heavy atom. The van der Waals surface area contributed by atoms with E-state index in [1.54, 1.807) is 24.3 Å². The van der Waals surface area contributed by atoms with Gasteiger partial charge in [-0.05, 0) is 29.8 Å². The molecular weight excluding hydrogens is 230 g/mol. The minimum atomic E-state index is -0.371. The summed E-state index contributed by atoms with van der Waals surface area (Å²) in [6, 6.07) is 12.0. The first kappa shape index (κ1) is 12.1. The van der Waals surface area contributed by atoms with Crippen LogP contribution in [0.15, 0.2) is 48.7 Å². The van der Waals surface area contributed by atoms with Crippen molar-refractivity contribution in [3.05, 3.63) is 54.2 Å². The number of benzene rings is 1. The monoisotopic (exact) mass is 243 g/mol. The lowest BCUT2D eigenvalue weighted by Gasteiger charge is -2.07. The Balaban J connectivity index is 1.99. The van der Waals surface area contributed by atoms with E-state index in [2.05, 4.69) is 15.6 Å². The van der Waals surface area contributed by atoms with Gasteiger partial charge in [-0.2, -0.15) is 0 Å². The molecular formula is C13H13N3O2. The Kier molecular flexibility index (Phi) is 3.88. The van der Waals surface area contributed by atoms with Crippen LogP contribution in [0.2, 0.25) is 0 Å². The Labute approximate surface area is 104 Å². The molecule has 0 saturated carbocycles. The summed E-state index contributed by atoms with van der Waals surface area (Å²) in [6.45, 7) is -0.0858. The van der Waals surface area contributed by atoms with E-state index in [0.717, 1.165) is 0 Å². The number of amides is 2. The standard InChI is InChI=1S/C13H13N3O2/c17-9-10-6-7-14-12(8-10)16-13(18)15-11-4-2-1-3-5-11/h1-8,17H,9H2,(H2,14,15,16,18). The van der Waals surface area contributed by atoms with Gasteiger partial charge in [0.15, 0.2) is 0 Å². The molecule has 1 heterocycles. The van der Waals surface area contributed by atoms with Crippen molar-refractivity contribution < 1.29 is 9.90 Å². The van der Waals surface area contributed by atoms with E-state index in [4.69, 9.17) is 5.11 Å². The van der Waals surface area contributed by atoms with Crippen LogP contribution >= 0.6 is 0 Å². The smallest absolute Gasteiger partial charge is 0.324 e. The van der Waals surface area contributed by atoms with Crippen LogP contribution in [-0.4, -0.2) is 16.1 Å². The molecule has 0 bridgehead atoms. The van der Waals surface area contributed by atoms with Crippen LogP contribution < -0.4 is 10.6 Å². The molecule has 5 nitrogen and oxygen atoms in total. The molecule has 2 rings (SSSR count). The van der Waals surface area contributed by atoms with Crippen LogP contribution in [-0.2, 0) is 6.61 Å². The summed E-state index contributed by atoms with van der Waals surface area (Å²) in [6.07, 6.45) is 1.53. The van der Waals surface area contributed by atoms with Crippen LogP contribution in [0.3, 0.4) is 0 Å². The van der Waals surface area contributed by atoms with Gasteiger partial charge < -0.3 is 10.4 Å². The number of carbonyl (C=O) groups is 1. The van der Waals surface area contributed by atoms with Crippen LogP contribution in [0.25, 0.3) is 0 Å². The topological polar surface area (TPSA) is 74.2 Å². The predicted octanol–water partition coefficient (Wildman–Crippen LogP) is 2.22. The van der Waals surface area contributed by atoms with Crippen LogP contribution in [0.5, 0.6) is 0 Å². The number of anilines is 2. The quantitative estimate of drug-likeness (QED) is 0.773. The van der Waals surface area contributed by atoms with Crippen molar-refractivity contribution in [1.82, 2.24) is 4.98 Å². The molecule has 0 atom stereocenters. The van der Waals surface area contributed by atoms with Gasteiger partial charge in [0.05, 0.1) is 6.61 Å². The zero-order valence-corrected chi connectivity index (χ0v) is 9.63. The number of rotatable bonds is 3. The van der Waals surface area contributed by atoms with Gasteiger partial charge in [0.25, 0.3) is 0 Å². The molecule has 1 aromatic carbocycles. The Morgan fingerprint density at radius 2 is 1.94 bits per heavy atom. The maximum atomic E-state index is 11.7.